The number of benzene rings is 2. The van der Waals surface area contributed by atoms with Crippen LogP contribution in [0.2, 0.25) is 0 Å². The molecule has 8 atom stereocenters. The van der Waals surface area contributed by atoms with E-state index in [2.05, 4.69) is 15.9 Å². The maximum Gasteiger partial charge on any atom is 0.338 e. The van der Waals surface area contributed by atoms with Crippen LogP contribution in [0.5, 0.6) is 0 Å². The fraction of sp³-hybridized carbons (Fsp3) is 0.385. The highest BCUT2D eigenvalue weighted by molar-refractivity contribution is 9.09. The zero-order valence-corrected chi connectivity index (χ0v) is 18.9. The Labute approximate surface area is 194 Å². The van der Waals surface area contributed by atoms with Gasteiger partial charge >= 0.3 is 11.9 Å². The van der Waals surface area contributed by atoms with Gasteiger partial charge in [-0.25, -0.2) is 9.59 Å². The Kier molecular flexibility index (Phi) is 4.95. The number of carbonyl (C=O) groups is 2. The van der Waals surface area contributed by atoms with Gasteiger partial charge in [-0.15, -0.1) is 0 Å². The minimum absolute atomic E-state index is 0.0854. The van der Waals surface area contributed by atoms with Gasteiger partial charge in [0, 0.05) is 16.7 Å². The first-order chi connectivity index (χ1) is 15.6. The normalized spacial score (nSPS) is 36.0. The van der Waals surface area contributed by atoms with Crippen molar-refractivity contribution in [3.05, 3.63) is 83.4 Å². The second-order valence-corrected chi connectivity index (χ2v) is 10.2. The number of carbonyl (C=O) groups excluding carboxylic acids is 2. The monoisotopic (exact) mass is 494 g/mol. The highest BCUT2D eigenvalue weighted by Gasteiger charge is 2.68. The van der Waals surface area contributed by atoms with Gasteiger partial charge in [0.1, 0.15) is 12.7 Å². The molecule has 1 saturated heterocycles. The van der Waals surface area contributed by atoms with Crippen molar-refractivity contribution in [3.63, 3.8) is 0 Å². The third-order valence-electron chi connectivity index (χ3n) is 7.53. The first-order valence-electron chi connectivity index (χ1n) is 11.1. The minimum Gasteiger partial charge on any atom is -0.457 e. The molecule has 0 spiro atoms. The van der Waals surface area contributed by atoms with Crippen LogP contribution in [0.3, 0.4) is 0 Å². The quantitative estimate of drug-likeness (QED) is 0.349. The van der Waals surface area contributed by atoms with Gasteiger partial charge in [-0.05, 0) is 54.2 Å². The van der Waals surface area contributed by atoms with Crippen LogP contribution in [-0.2, 0) is 14.2 Å². The Hall–Kier alpha value is -2.44. The predicted molar refractivity (Wildman–Crippen MR) is 120 cm³/mol. The molecule has 164 valence electrons. The van der Waals surface area contributed by atoms with E-state index in [1.165, 1.54) is 0 Å². The van der Waals surface area contributed by atoms with E-state index in [4.69, 9.17) is 14.2 Å². The molecule has 3 fully saturated rings. The topological polar surface area (TPSA) is 61.8 Å². The van der Waals surface area contributed by atoms with Crippen LogP contribution in [-0.4, -0.2) is 41.7 Å². The molecule has 4 aliphatic rings. The van der Waals surface area contributed by atoms with Gasteiger partial charge in [-0.3, -0.25) is 0 Å². The Balaban J connectivity index is 1.27. The Morgan fingerprint density at radius 2 is 1.56 bits per heavy atom. The van der Waals surface area contributed by atoms with E-state index >= 15 is 0 Å². The third kappa shape index (κ3) is 3.15. The van der Waals surface area contributed by atoms with Gasteiger partial charge in [-0.2, -0.15) is 0 Å². The van der Waals surface area contributed by atoms with Gasteiger partial charge < -0.3 is 14.2 Å². The number of ether oxygens (including phenoxy) is 3. The lowest BCUT2D eigenvalue weighted by atomic mass is 9.70. The summed E-state index contributed by atoms with van der Waals surface area (Å²) in [5.41, 5.74) is 1.96. The number of alkyl halides is 1. The molecule has 0 N–H and O–H groups in total. The van der Waals surface area contributed by atoms with Crippen molar-refractivity contribution in [1.29, 1.82) is 0 Å². The van der Waals surface area contributed by atoms with E-state index in [1.54, 1.807) is 24.3 Å². The second-order valence-electron chi connectivity index (χ2n) is 9.10. The van der Waals surface area contributed by atoms with Gasteiger partial charge in [0.25, 0.3) is 0 Å². The molecule has 0 radical (unpaired) electrons. The van der Waals surface area contributed by atoms with E-state index in [9.17, 15) is 9.59 Å². The number of hydrogen-bond donors (Lipinski definition) is 0. The summed E-state index contributed by atoms with van der Waals surface area (Å²) in [5.74, 6) is 0.687. The first-order valence-corrected chi connectivity index (χ1v) is 12.0. The molecule has 2 bridgehead atoms. The smallest absolute Gasteiger partial charge is 0.338 e. The summed E-state index contributed by atoms with van der Waals surface area (Å²) in [5, 5.41) is 0. The molecule has 3 aliphatic carbocycles. The van der Waals surface area contributed by atoms with Crippen LogP contribution in [0.25, 0.3) is 0 Å². The third-order valence-corrected chi connectivity index (χ3v) is 8.73. The molecule has 0 amide bonds. The van der Waals surface area contributed by atoms with E-state index in [0.717, 1.165) is 12.0 Å². The molecular formula is C26H23BrO5. The van der Waals surface area contributed by atoms with Crippen LogP contribution < -0.4 is 0 Å². The molecule has 32 heavy (non-hydrogen) atoms. The molecule has 5 nitrogen and oxygen atoms in total. The van der Waals surface area contributed by atoms with Crippen molar-refractivity contribution < 1.29 is 23.8 Å². The lowest BCUT2D eigenvalue weighted by Gasteiger charge is -2.39. The predicted octanol–water partition coefficient (Wildman–Crippen LogP) is 4.42. The Bertz CT molecular complexity index is 1070. The summed E-state index contributed by atoms with van der Waals surface area (Å²) in [7, 11) is 0. The molecule has 1 heterocycles. The van der Waals surface area contributed by atoms with Crippen molar-refractivity contribution in [2.45, 2.75) is 29.6 Å². The fourth-order valence-corrected chi connectivity index (χ4v) is 7.35. The van der Waals surface area contributed by atoms with E-state index < -0.39 is 0 Å². The maximum absolute atomic E-state index is 12.9. The SMILES string of the molecule is O=C(OCC1=CC(OC(=O)c2ccccc2)C2C3[C@@H]1O[C@@H]1[C@H](Br)[C@@H]2C[C@@H]31)c1ccccc1. The molecule has 6 heteroatoms. The summed E-state index contributed by atoms with van der Waals surface area (Å²) < 4.78 is 18.2. The largest absolute Gasteiger partial charge is 0.457 e. The van der Waals surface area contributed by atoms with Gasteiger partial charge in [0.15, 0.2) is 0 Å². The summed E-state index contributed by atoms with van der Waals surface area (Å²) in [6.07, 6.45) is 2.79. The number of fused-ring (bicyclic) bond motifs is 2. The van der Waals surface area contributed by atoms with Crippen LogP contribution in [0.15, 0.2) is 72.3 Å². The summed E-state index contributed by atoms with van der Waals surface area (Å²) >= 11 is 3.86. The second kappa shape index (κ2) is 7.85. The van der Waals surface area contributed by atoms with Crippen molar-refractivity contribution >= 4 is 27.9 Å². The highest BCUT2D eigenvalue weighted by atomic mass is 79.9. The van der Waals surface area contributed by atoms with Crippen LogP contribution >= 0.6 is 15.9 Å². The molecular weight excluding hydrogens is 472 g/mol. The maximum atomic E-state index is 12.9. The van der Waals surface area contributed by atoms with Gasteiger partial charge in [-0.1, -0.05) is 52.3 Å². The van der Waals surface area contributed by atoms with Crippen molar-refractivity contribution in [1.82, 2.24) is 0 Å². The Morgan fingerprint density at radius 1 is 0.906 bits per heavy atom. The van der Waals surface area contributed by atoms with Crippen LogP contribution in [0.4, 0.5) is 0 Å². The minimum atomic E-state index is -0.366. The number of halogens is 1. The van der Waals surface area contributed by atoms with Crippen molar-refractivity contribution in [2.24, 2.45) is 23.7 Å². The van der Waals surface area contributed by atoms with E-state index in [0.29, 0.717) is 28.9 Å². The van der Waals surface area contributed by atoms with E-state index in [1.807, 2.05) is 42.5 Å². The summed E-state index contributed by atoms with van der Waals surface area (Å²) in [4.78, 5) is 25.6. The summed E-state index contributed by atoms with van der Waals surface area (Å²) in [6, 6.07) is 18.0. The van der Waals surface area contributed by atoms with Gasteiger partial charge in [0.2, 0.25) is 0 Å². The zero-order valence-electron chi connectivity index (χ0n) is 17.3. The number of hydrogen-bond acceptors (Lipinski definition) is 5. The average molecular weight is 495 g/mol. The lowest BCUT2D eigenvalue weighted by molar-refractivity contribution is 0.000163. The number of esters is 2. The highest BCUT2D eigenvalue weighted by Crippen LogP contribution is 2.65. The standard InChI is InChI=1S/C26H23BrO5/c27-22-17-12-18-21-20(17)19(31-26(29)15-9-5-2-6-10-15)11-16(23(21)32-24(18)22)13-30-25(28)14-7-3-1-4-8-14/h1-11,17-24H,12-13H2/t17-,18+,19?,20?,21?,22-,23-,24+/m1/s1. The Morgan fingerprint density at radius 3 is 2.25 bits per heavy atom. The molecule has 3 unspecified atom stereocenters. The fourth-order valence-electron chi connectivity index (χ4n) is 6.27. The van der Waals surface area contributed by atoms with Crippen LogP contribution in [0.1, 0.15) is 27.1 Å². The molecule has 2 saturated carbocycles. The summed E-state index contributed by atoms with van der Waals surface area (Å²) in [6.45, 7) is 0.137. The van der Waals surface area contributed by atoms with Crippen LogP contribution in [0, 0.1) is 23.7 Å². The van der Waals surface area contributed by atoms with E-state index in [-0.39, 0.29) is 47.6 Å². The average Bonchev–Trinajstić information content (AvgIpc) is 3.47. The molecule has 6 rings (SSSR count). The number of rotatable bonds is 5. The lowest BCUT2D eigenvalue weighted by Crippen LogP contribution is -2.45. The first kappa shape index (κ1) is 20.2. The zero-order chi connectivity index (χ0) is 21.8. The van der Waals surface area contributed by atoms with Gasteiger partial charge in [0.05, 0.1) is 23.3 Å². The molecule has 1 aliphatic heterocycles. The molecule has 0 aromatic heterocycles. The molecule has 2 aromatic rings. The van der Waals surface area contributed by atoms with Crippen molar-refractivity contribution in [3.8, 4) is 0 Å². The molecule has 2 aromatic carbocycles. The van der Waals surface area contributed by atoms with Crippen molar-refractivity contribution in [2.75, 3.05) is 6.61 Å².